The Bertz CT molecular complexity index is 549. The molecule has 1 aromatic carbocycles. The van der Waals surface area contributed by atoms with Crippen LogP contribution in [0.5, 0.6) is 0 Å². The molecule has 0 fully saturated rings. The number of rotatable bonds is 5. The highest BCUT2D eigenvalue weighted by Gasteiger charge is 2.10. The first-order valence-corrected chi connectivity index (χ1v) is 7.24. The van der Waals surface area contributed by atoms with Crippen LogP contribution < -0.4 is 5.32 Å². The average molecular weight is 271 g/mol. The van der Waals surface area contributed by atoms with Crippen LogP contribution in [0.1, 0.15) is 37.6 Å². The monoisotopic (exact) mass is 271 g/mol. The predicted octanol–water partition coefficient (Wildman–Crippen LogP) is 3.32. The van der Waals surface area contributed by atoms with Gasteiger partial charge in [0.15, 0.2) is 0 Å². The molecule has 0 aliphatic rings. The molecule has 108 valence electrons. The van der Waals surface area contributed by atoms with Gasteiger partial charge in [0.05, 0.1) is 12.0 Å². The Morgan fingerprint density at radius 2 is 2.05 bits per heavy atom. The standard InChI is InChI=1S/C17H25N3/c1-14-6-5-7-15(10-14)8-9-20-13-18-11-16(20)12-19-17(2,3)4/h5-7,10-11,13,19H,8-9,12H2,1-4H3. The van der Waals surface area contributed by atoms with Crippen LogP contribution in [0.15, 0.2) is 36.8 Å². The van der Waals surface area contributed by atoms with Gasteiger partial charge in [0, 0.05) is 24.8 Å². The summed E-state index contributed by atoms with van der Waals surface area (Å²) in [6.45, 7) is 10.5. The maximum Gasteiger partial charge on any atom is 0.0948 e. The fraction of sp³-hybridized carbons (Fsp3) is 0.471. The third-order valence-electron chi connectivity index (χ3n) is 3.32. The molecule has 1 heterocycles. The van der Waals surface area contributed by atoms with Gasteiger partial charge in [0.2, 0.25) is 0 Å². The van der Waals surface area contributed by atoms with Crippen molar-refractivity contribution in [3.63, 3.8) is 0 Å². The topological polar surface area (TPSA) is 29.9 Å². The fourth-order valence-corrected chi connectivity index (χ4v) is 2.17. The Hall–Kier alpha value is -1.61. The molecule has 0 saturated carbocycles. The Morgan fingerprint density at radius 1 is 1.25 bits per heavy atom. The SMILES string of the molecule is Cc1cccc(CCn2cncc2CNC(C)(C)C)c1. The summed E-state index contributed by atoms with van der Waals surface area (Å²) in [5.74, 6) is 0. The van der Waals surface area contributed by atoms with E-state index in [-0.39, 0.29) is 5.54 Å². The summed E-state index contributed by atoms with van der Waals surface area (Å²) in [7, 11) is 0. The predicted molar refractivity (Wildman–Crippen MR) is 83.7 cm³/mol. The summed E-state index contributed by atoms with van der Waals surface area (Å²) >= 11 is 0. The Kier molecular flexibility index (Phi) is 4.61. The normalized spacial score (nSPS) is 11.8. The van der Waals surface area contributed by atoms with E-state index >= 15 is 0 Å². The third kappa shape index (κ3) is 4.49. The second kappa shape index (κ2) is 6.23. The molecule has 0 aliphatic heterocycles. The molecule has 1 aromatic heterocycles. The molecular formula is C17H25N3. The largest absolute Gasteiger partial charge is 0.333 e. The molecule has 3 heteroatoms. The first-order chi connectivity index (χ1) is 9.44. The molecule has 0 amide bonds. The van der Waals surface area contributed by atoms with Gasteiger partial charge in [-0.15, -0.1) is 0 Å². The number of aryl methyl sites for hydroxylation is 3. The lowest BCUT2D eigenvalue weighted by atomic mass is 10.1. The summed E-state index contributed by atoms with van der Waals surface area (Å²) in [6.07, 6.45) is 4.92. The lowest BCUT2D eigenvalue weighted by Crippen LogP contribution is -2.35. The summed E-state index contributed by atoms with van der Waals surface area (Å²) < 4.78 is 2.24. The fourth-order valence-electron chi connectivity index (χ4n) is 2.17. The number of nitrogens with one attached hydrogen (secondary N) is 1. The quantitative estimate of drug-likeness (QED) is 0.904. The molecule has 20 heavy (non-hydrogen) atoms. The van der Waals surface area contributed by atoms with Crippen molar-refractivity contribution in [1.29, 1.82) is 0 Å². The molecule has 2 aromatic rings. The van der Waals surface area contributed by atoms with E-state index in [0.29, 0.717) is 0 Å². The molecular weight excluding hydrogens is 246 g/mol. The summed E-state index contributed by atoms with van der Waals surface area (Å²) in [5.41, 5.74) is 4.08. The molecule has 0 saturated heterocycles. The van der Waals surface area contributed by atoms with Crippen molar-refractivity contribution in [3.8, 4) is 0 Å². The van der Waals surface area contributed by atoms with Gasteiger partial charge < -0.3 is 9.88 Å². The van der Waals surface area contributed by atoms with Gasteiger partial charge in [-0.2, -0.15) is 0 Å². The van der Waals surface area contributed by atoms with Crippen LogP contribution in [-0.4, -0.2) is 15.1 Å². The second-order valence-corrected chi connectivity index (χ2v) is 6.42. The minimum atomic E-state index is 0.131. The van der Waals surface area contributed by atoms with Crippen molar-refractivity contribution in [2.75, 3.05) is 0 Å². The number of aromatic nitrogens is 2. The van der Waals surface area contributed by atoms with Crippen molar-refractivity contribution >= 4 is 0 Å². The van der Waals surface area contributed by atoms with Gasteiger partial charge in [0.1, 0.15) is 0 Å². The zero-order chi connectivity index (χ0) is 14.6. The number of hydrogen-bond acceptors (Lipinski definition) is 2. The highest BCUT2D eigenvalue weighted by Crippen LogP contribution is 2.08. The third-order valence-corrected chi connectivity index (χ3v) is 3.32. The van der Waals surface area contributed by atoms with Crippen LogP contribution in [0.2, 0.25) is 0 Å². The molecule has 0 bridgehead atoms. The minimum absolute atomic E-state index is 0.131. The van der Waals surface area contributed by atoms with Crippen LogP contribution in [0.3, 0.4) is 0 Å². The zero-order valence-electron chi connectivity index (χ0n) is 13.0. The Balaban J connectivity index is 1.95. The van der Waals surface area contributed by atoms with E-state index in [1.807, 2.05) is 12.5 Å². The maximum absolute atomic E-state index is 4.28. The molecule has 0 unspecified atom stereocenters. The average Bonchev–Trinajstić information content (AvgIpc) is 2.81. The molecule has 0 aliphatic carbocycles. The summed E-state index contributed by atoms with van der Waals surface area (Å²) in [6, 6.07) is 8.71. The van der Waals surface area contributed by atoms with Crippen molar-refractivity contribution in [3.05, 3.63) is 53.6 Å². The van der Waals surface area contributed by atoms with E-state index in [2.05, 4.69) is 66.8 Å². The number of imidazole rings is 1. The molecule has 0 atom stereocenters. The van der Waals surface area contributed by atoms with Gasteiger partial charge in [-0.3, -0.25) is 0 Å². The highest BCUT2D eigenvalue weighted by molar-refractivity contribution is 5.22. The van der Waals surface area contributed by atoms with Crippen LogP contribution in [0.4, 0.5) is 0 Å². The maximum atomic E-state index is 4.28. The van der Waals surface area contributed by atoms with Crippen molar-refractivity contribution < 1.29 is 0 Å². The molecule has 0 spiro atoms. The van der Waals surface area contributed by atoms with Gasteiger partial charge in [0.25, 0.3) is 0 Å². The lowest BCUT2D eigenvalue weighted by molar-refractivity contribution is 0.415. The van der Waals surface area contributed by atoms with Crippen LogP contribution >= 0.6 is 0 Å². The van der Waals surface area contributed by atoms with Gasteiger partial charge in [-0.1, -0.05) is 29.8 Å². The van der Waals surface area contributed by atoms with Gasteiger partial charge in [-0.05, 0) is 39.7 Å². The number of hydrogen-bond donors (Lipinski definition) is 1. The minimum Gasteiger partial charge on any atom is -0.333 e. The van der Waals surface area contributed by atoms with Crippen molar-refractivity contribution in [1.82, 2.24) is 14.9 Å². The Labute approximate surface area is 122 Å². The summed E-state index contributed by atoms with van der Waals surface area (Å²) in [4.78, 5) is 4.28. The number of benzene rings is 1. The van der Waals surface area contributed by atoms with E-state index < -0.39 is 0 Å². The van der Waals surface area contributed by atoms with Gasteiger partial charge in [-0.25, -0.2) is 4.98 Å². The zero-order valence-corrected chi connectivity index (χ0v) is 13.0. The van der Waals surface area contributed by atoms with E-state index in [1.54, 1.807) is 0 Å². The van der Waals surface area contributed by atoms with E-state index in [1.165, 1.54) is 16.8 Å². The smallest absolute Gasteiger partial charge is 0.0948 e. The molecule has 1 N–H and O–H groups in total. The highest BCUT2D eigenvalue weighted by atomic mass is 15.1. The Morgan fingerprint density at radius 3 is 2.75 bits per heavy atom. The molecule has 2 rings (SSSR count). The molecule has 0 radical (unpaired) electrons. The van der Waals surface area contributed by atoms with E-state index in [9.17, 15) is 0 Å². The first kappa shape index (κ1) is 14.8. The lowest BCUT2D eigenvalue weighted by Gasteiger charge is -2.21. The van der Waals surface area contributed by atoms with Crippen molar-refractivity contribution in [2.24, 2.45) is 0 Å². The summed E-state index contributed by atoms with van der Waals surface area (Å²) in [5, 5.41) is 3.51. The van der Waals surface area contributed by atoms with Crippen LogP contribution in [0, 0.1) is 6.92 Å². The van der Waals surface area contributed by atoms with Crippen molar-refractivity contribution in [2.45, 2.75) is 52.7 Å². The number of nitrogens with zero attached hydrogens (tertiary/aromatic N) is 2. The molecule has 3 nitrogen and oxygen atoms in total. The van der Waals surface area contributed by atoms with E-state index in [0.717, 1.165) is 19.5 Å². The van der Waals surface area contributed by atoms with Crippen LogP contribution in [-0.2, 0) is 19.5 Å². The van der Waals surface area contributed by atoms with Gasteiger partial charge >= 0.3 is 0 Å². The first-order valence-electron chi connectivity index (χ1n) is 7.24. The van der Waals surface area contributed by atoms with Crippen LogP contribution in [0.25, 0.3) is 0 Å². The van der Waals surface area contributed by atoms with E-state index in [4.69, 9.17) is 0 Å². The second-order valence-electron chi connectivity index (χ2n) is 6.42.